The third-order valence-electron chi connectivity index (χ3n) is 2.86. The van der Waals surface area contributed by atoms with Crippen LogP contribution in [0.2, 0.25) is 0 Å². The molecule has 18 heavy (non-hydrogen) atoms. The Bertz CT molecular complexity index is 410. The fraction of sp³-hybridized carbons (Fsp3) is 0.500. The Morgan fingerprint density at radius 3 is 2.39 bits per heavy atom. The SMILES string of the molecule is CCCN(CCC)c1ccc(C)cc1/C(N)=N/O. The van der Waals surface area contributed by atoms with E-state index in [1.807, 2.05) is 19.1 Å². The van der Waals surface area contributed by atoms with E-state index in [1.54, 1.807) is 0 Å². The molecule has 0 amide bonds. The Morgan fingerprint density at radius 2 is 1.89 bits per heavy atom. The second kappa shape index (κ2) is 6.89. The molecule has 1 aromatic carbocycles. The first-order chi connectivity index (χ1) is 8.63. The highest BCUT2D eigenvalue weighted by molar-refractivity contribution is 6.02. The van der Waals surface area contributed by atoms with Gasteiger partial charge in [0.25, 0.3) is 0 Å². The minimum atomic E-state index is 0.172. The number of amidine groups is 1. The van der Waals surface area contributed by atoms with Crippen molar-refractivity contribution in [3.8, 4) is 0 Å². The zero-order valence-electron chi connectivity index (χ0n) is 11.5. The molecule has 0 saturated heterocycles. The van der Waals surface area contributed by atoms with Crippen LogP contribution >= 0.6 is 0 Å². The summed E-state index contributed by atoms with van der Waals surface area (Å²) in [6.07, 6.45) is 2.15. The van der Waals surface area contributed by atoms with E-state index in [-0.39, 0.29) is 5.84 Å². The summed E-state index contributed by atoms with van der Waals surface area (Å²) in [6.45, 7) is 8.26. The highest BCUT2D eigenvalue weighted by Crippen LogP contribution is 2.22. The lowest BCUT2D eigenvalue weighted by Crippen LogP contribution is -2.28. The van der Waals surface area contributed by atoms with Gasteiger partial charge < -0.3 is 15.8 Å². The topological polar surface area (TPSA) is 61.8 Å². The summed E-state index contributed by atoms with van der Waals surface area (Å²) < 4.78 is 0. The predicted molar refractivity (Wildman–Crippen MR) is 76.5 cm³/mol. The van der Waals surface area contributed by atoms with Gasteiger partial charge in [0.1, 0.15) is 0 Å². The molecule has 0 spiro atoms. The Balaban J connectivity index is 3.19. The van der Waals surface area contributed by atoms with Crippen LogP contribution in [0.3, 0.4) is 0 Å². The number of anilines is 1. The van der Waals surface area contributed by atoms with Gasteiger partial charge in [-0.25, -0.2) is 0 Å². The Morgan fingerprint density at radius 1 is 1.28 bits per heavy atom. The van der Waals surface area contributed by atoms with E-state index in [4.69, 9.17) is 10.9 Å². The minimum Gasteiger partial charge on any atom is -0.409 e. The molecule has 0 aliphatic rings. The Kier molecular flexibility index (Phi) is 5.49. The lowest BCUT2D eigenvalue weighted by Gasteiger charge is -2.26. The van der Waals surface area contributed by atoms with Crippen LogP contribution in [0.5, 0.6) is 0 Å². The molecule has 3 N–H and O–H groups in total. The normalized spacial score (nSPS) is 11.6. The molecule has 0 radical (unpaired) electrons. The predicted octanol–water partition coefficient (Wildman–Crippen LogP) is 2.72. The van der Waals surface area contributed by atoms with Crippen LogP contribution in [-0.4, -0.2) is 24.1 Å². The highest BCUT2D eigenvalue weighted by atomic mass is 16.4. The summed E-state index contributed by atoms with van der Waals surface area (Å²) in [5.41, 5.74) is 8.72. The molecule has 0 fully saturated rings. The van der Waals surface area contributed by atoms with Crippen molar-refractivity contribution in [2.75, 3.05) is 18.0 Å². The van der Waals surface area contributed by atoms with E-state index in [0.717, 1.165) is 42.7 Å². The maximum atomic E-state index is 8.89. The molecule has 0 atom stereocenters. The van der Waals surface area contributed by atoms with E-state index >= 15 is 0 Å². The number of nitrogens with two attached hydrogens (primary N) is 1. The Labute approximate surface area is 109 Å². The van der Waals surface area contributed by atoms with Crippen molar-refractivity contribution in [3.63, 3.8) is 0 Å². The van der Waals surface area contributed by atoms with Crippen molar-refractivity contribution in [2.45, 2.75) is 33.6 Å². The fourth-order valence-electron chi connectivity index (χ4n) is 2.08. The standard InChI is InChI=1S/C14H23N3O/c1-4-8-17(9-5-2)13-7-6-11(3)10-12(13)14(15)16-18/h6-7,10,18H,4-5,8-9H2,1-3H3,(H2,15,16). The van der Waals surface area contributed by atoms with Crippen molar-refractivity contribution in [1.29, 1.82) is 0 Å². The average Bonchev–Trinajstić information content (AvgIpc) is 2.37. The van der Waals surface area contributed by atoms with Gasteiger partial charge in [0, 0.05) is 24.3 Å². The monoisotopic (exact) mass is 249 g/mol. The third-order valence-corrected chi connectivity index (χ3v) is 2.86. The zero-order valence-corrected chi connectivity index (χ0v) is 11.5. The largest absolute Gasteiger partial charge is 0.409 e. The molecule has 1 aromatic rings. The maximum absolute atomic E-state index is 8.89. The van der Waals surface area contributed by atoms with Crippen LogP contribution in [0.1, 0.15) is 37.8 Å². The molecule has 4 heteroatoms. The van der Waals surface area contributed by atoms with Gasteiger partial charge in [-0.3, -0.25) is 0 Å². The summed E-state index contributed by atoms with van der Waals surface area (Å²) in [7, 11) is 0. The molecule has 0 aliphatic heterocycles. The Hall–Kier alpha value is -1.71. The van der Waals surface area contributed by atoms with E-state index in [2.05, 4.69) is 30.0 Å². The first kappa shape index (κ1) is 14.4. The number of hydrogen-bond donors (Lipinski definition) is 2. The van der Waals surface area contributed by atoms with Gasteiger partial charge in [0.05, 0.1) is 0 Å². The van der Waals surface area contributed by atoms with Crippen LogP contribution in [0.25, 0.3) is 0 Å². The van der Waals surface area contributed by atoms with E-state index in [9.17, 15) is 0 Å². The molecule has 0 unspecified atom stereocenters. The number of rotatable bonds is 6. The first-order valence-electron chi connectivity index (χ1n) is 6.47. The second-order valence-electron chi connectivity index (χ2n) is 4.49. The number of oxime groups is 1. The van der Waals surface area contributed by atoms with Crippen LogP contribution in [-0.2, 0) is 0 Å². The number of hydrogen-bond acceptors (Lipinski definition) is 3. The summed E-state index contributed by atoms with van der Waals surface area (Å²) in [5, 5.41) is 12.0. The summed E-state index contributed by atoms with van der Waals surface area (Å²) in [5.74, 6) is 0.172. The van der Waals surface area contributed by atoms with Gasteiger partial charge >= 0.3 is 0 Å². The third kappa shape index (κ3) is 3.39. The van der Waals surface area contributed by atoms with Crippen molar-refractivity contribution in [3.05, 3.63) is 29.3 Å². The summed E-state index contributed by atoms with van der Waals surface area (Å²) >= 11 is 0. The van der Waals surface area contributed by atoms with Crippen LogP contribution in [0.15, 0.2) is 23.4 Å². The van der Waals surface area contributed by atoms with Gasteiger partial charge in [-0.1, -0.05) is 30.6 Å². The summed E-state index contributed by atoms with van der Waals surface area (Å²) in [6, 6.07) is 6.07. The first-order valence-corrected chi connectivity index (χ1v) is 6.47. The fourth-order valence-corrected chi connectivity index (χ4v) is 2.08. The molecule has 4 nitrogen and oxygen atoms in total. The zero-order chi connectivity index (χ0) is 13.5. The van der Waals surface area contributed by atoms with Gasteiger partial charge in [-0.05, 0) is 31.9 Å². The molecule has 0 bridgehead atoms. The minimum absolute atomic E-state index is 0.172. The number of benzene rings is 1. The van der Waals surface area contributed by atoms with E-state index in [1.165, 1.54) is 0 Å². The van der Waals surface area contributed by atoms with Crippen LogP contribution in [0, 0.1) is 6.92 Å². The van der Waals surface area contributed by atoms with Crippen molar-refractivity contribution in [1.82, 2.24) is 0 Å². The van der Waals surface area contributed by atoms with Crippen molar-refractivity contribution >= 4 is 11.5 Å². The molecule has 0 saturated carbocycles. The van der Waals surface area contributed by atoms with E-state index < -0.39 is 0 Å². The molecule has 0 heterocycles. The second-order valence-corrected chi connectivity index (χ2v) is 4.49. The van der Waals surface area contributed by atoms with Crippen molar-refractivity contribution < 1.29 is 5.21 Å². The smallest absolute Gasteiger partial charge is 0.172 e. The molecule has 100 valence electrons. The molecular formula is C14H23N3O. The van der Waals surface area contributed by atoms with Gasteiger partial charge in [0.15, 0.2) is 5.84 Å². The van der Waals surface area contributed by atoms with Crippen LogP contribution < -0.4 is 10.6 Å². The molecule has 1 rings (SSSR count). The van der Waals surface area contributed by atoms with Gasteiger partial charge in [0.2, 0.25) is 0 Å². The van der Waals surface area contributed by atoms with Gasteiger partial charge in [-0.2, -0.15) is 0 Å². The lowest BCUT2D eigenvalue weighted by atomic mass is 10.1. The molecular weight excluding hydrogens is 226 g/mol. The van der Waals surface area contributed by atoms with Gasteiger partial charge in [-0.15, -0.1) is 0 Å². The molecule has 0 aromatic heterocycles. The number of nitrogens with zero attached hydrogens (tertiary/aromatic N) is 2. The highest BCUT2D eigenvalue weighted by Gasteiger charge is 2.13. The molecule has 0 aliphatic carbocycles. The van der Waals surface area contributed by atoms with Crippen molar-refractivity contribution in [2.24, 2.45) is 10.9 Å². The lowest BCUT2D eigenvalue weighted by molar-refractivity contribution is 0.318. The summed E-state index contributed by atoms with van der Waals surface area (Å²) in [4.78, 5) is 2.28. The average molecular weight is 249 g/mol. The number of aryl methyl sites for hydroxylation is 1. The quantitative estimate of drug-likeness (QED) is 0.353. The van der Waals surface area contributed by atoms with Crippen LogP contribution in [0.4, 0.5) is 5.69 Å². The maximum Gasteiger partial charge on any atom is 0.172 e. The van der Waals surface area contributed by atoms with E-state index in [0.29, 0.717) is 0 Å².